The zero-order valence-electron chi connectivity index (χ0n) is 13.9. The van der Waals surface area contributed by atoms with Crippen molar-refractivity contribution in [1.82, 2.24) is 9.99 Å². The minimum Gasteiger partial charge on any atom is -0.318 e. The maximum absolute atomic E-state index is 13.1. The first kappa shape index (κ1) is 16.9. The predicted octanol–water partition coefficient (Wildman–Crippen LogP) is 3.73. The highest BCUT2D eigenvalue weighted by atomic mass is 19.1. The number of nitrogens with zero attached hydrogens (tertiary/aromatic N) is 2. The van der Waals surface area contributed by atoms with Crippen LogP contribution in [-0.4, -0.2) is 16.7 Å². The van der Waals surface area contributed by atoms with Gasteiger partial charge in [-0.15, -0.1) is 0 Å². The van der Waals surface area contributed by atoms with E-state index < -0.39 is 0 Å². The molecule has 5 heteroatoms. The van der Waals surface area contributed by atoms with Crippen LogP contribution in [0.2, 0.25) is 0 Å². The molecule has 1 aromatic carbocycles. The molecular weight excluding hydrogens is 293 g/mol. The lowest BCUT2D eigenvalue weighted by Gasteiger charge is -2.09. The van der Waals surface area contributed by atoms with Gasteiger partial charge in [-0.05, 0) is 50.1 Å². The van der Waals surface area contributed by atoms with Gasteiger partial charge in [-0.25, -0.2) is 9.82 Å². The normalized spacial score (nSPS) is 11.4. The fraction of sp³-hybridized carbons (Fsp3) is 0.333. The van der Waals surface area contributed by atoms with Crippen molar-refractivity contribution < 1.29 is 9.18 Å². The van der Waals surface area contributed by atoms with E-state index in [9.17, 15) is 9.18 Å². The van der Waals surface area contributed by atoms with Crippen molar-refractivity contribution in [2.45, 2.75) is 34.1 Å². The molecular formula is C18H22FN3O. The molecule has 0 fully saturated rings. The van der Waals surface area contributed by atoms with Crippen molar-refractivity contribution in [1.29, 1.82) is 0 Å². The Labute approximate surface area is 136 Å². The second kappa shape index (κ2) is 7.22. The van der Waals surface area contributed by atoms with Crippen LogP contribution in [0, 0.1) is 25.6 Å². The van der Waals surface area contributed by atoms with Gasteiger partial charge in [0.15, 0.2) is 0 Å². The number of aryl methyl sites for hydroxylation is 1. The fourth-order valence-electron chi connectivity index (χ4n) is 2.50. The third-order valence-electron chi connectivity index (χ3n) is 3.54. The van der Waals surface area contributed by atoms with Crippen LogP contribution >= 0.6 is 0 Å². The van der Waals surface area contributed by atoms with Gasteiger partial charge in [-0.1, -0.05) is 13.8 Å². The summed E-state index contributed by atoms with van der Waals surface area (Å²) in [5, 5.41) is 4.02. The zero-order valence-corrected chi connectivity index (χ0v) is 13.9. The van der Waals surface area contributed by atoms with Crippen molar-refractivity contribution in [3.8, 4) is 5.69 Å². The first-order valence-corrected chi connectivity index (χ1v) is 7.65. The molecule has 1 aromatic heterocycles. The highest BCUT2D eigenvalue weighted by Crippen LogP contribution is 2.20. The van der Waals surface area contributed by atoms with E-state index in [0.717, 1.165) is 22.6 Å². The molecule has 0 saturated heterocycles. The topological polar surface area (TPSA) is 46.4 Å². The van der Waals surface area contributed by atoms with Gasteiger partial charge in [0.1, 0.15) is 5.82 Å². The van der Waals surface area contributed by atoms with Crippen LogP contribution in [0.15, 0.2) is 35.4 Å². The van der Waals surface area contributed by atoms with Gasteiger partial charge in [0.2, 0.25) is 5.91 Å². The summed E-state index contributed by atoms with van der Waals surface area (Å²) < 4.78 is 15.1. The molecule has 2 rings (SSSR count). The molecule has 122 valence electrons. The molecule has 0 aliphatic carbocycles. The maximum Gasteiger partial charge on any atom is 0.240 e. The monoisotopic (exact) mass is 315 g/mol. The average Bonchev–Trinajstić information content (AvgIpc) is 2.74. The van der Waals surface area contributed by atoms with E-state index in [1.165, 1.54) is 12.1 Å². The van der Waals surface area contributed by atoms with Gasteiger partial charge in [0.05, 0.1) is 6.21 Å². The van der Waals surface area contributed by atoms with Gasteiger partial charge < -0.3 is 4.57 Å². The lowest BCUT2D eigenvalue weighted by Crippen LogP contribution is -2.19. The summed E-state index contributed by atoms with van der Waals surface area (Å²) in [4.78, 5) is 11.6. The van der Waals surface area contributed by atoms with Gasteiger partial charge in [-0.2, -0.15) is 5.10 Å². The van der Waals surface area contributed by atoms with E-state index >= 15 is 0 Å². The molecule has 0 saturated carbocycles. The molecule has 1 amide bonds. The molecule has 4 nitrogen and oxygen atoms in total. The average molecular weight is 315 g/mol. The minimum absolute atomic E-state index is 0.0939. The number of hydrazone groups is 1. The summed E-state index contributed by atoms with van der Waals surface area (Å²) in [6, 6.07) is 8.33. The zero-order chi connectivity index (χ0) is 17.0. The molecule has 23 heavy (non-hydrogen) atoms. The number of amides is 1. The SMILES string of the molecule is Cc1cc(C=NNC(=O)CC(C)C)c(C)n1-c1ccc(F)cc1. The van der Waals surface area contributed by atoms with Crippen LogP contribution in [0.5, 0.6) is 0 Å². The largest absolute Gasteiger partial charge is 0.318 e. The van der Waals surface area contributed by atoms with Crippen molar-refractivity contribution in [3.05, 3.63) is 53.1 Å². The Morgan fingerprint density at radius 3 is 2.57 bits per heavy atom. The molecule has 0 bridgehead atoms. The van der Waals surface area contributed by atoms with E-state index in [1.807, 2.05) is 38.3 Å². The summed E-state index contributed by atoms with van der Waals surface area (Å²) in [5.74, 6) is -0.0526. The van der Waals surface area contributed by atoms with Crippen LogP contribution in [0.25, 0.3) is 5.69 Å². The standard InChI is InChI=1S/C18H22FN3O/c1-12(2)9-18(23)21-20-11-15-10-13(3)22(14(15)4)17-7-5-16(19)6-8-17/h5-8,10-12H,9H2,1-4H3,(H,21,23). The summed E-state index contributed by atoms with van der Waals surface area (Å²) in [7, 11) is 0. The van der Waals surface area contributed by atoms with Crippen molar-refractivity contribution in [3.63, 3.8) is 0 Å². The van der Waals surface area contributed by atoms with Crippen LogP contribution in [-0.2, 0) is 4.79 Å². The number of hydrogen-bond donors (Lipinski definition) is 1. The lowest BCUT2D eigenvalue weighted by atomic mass is 10.1. The van der Waals surface area contributed by atoms with Crippen LogP contribution in [0.4, 0.5) is 4.39 Å². The number of aromatic nitrogens is 1. The number of carbonyl (C=O) groups excluding carboxylic acids is 1. The Balaban J connectivity index is 2.17. The Bertz CT molecular complexity index is 715. The van der Waals surface area contributed by atoms with Gasteiger partial charge in [-0.3, -0.25) is 4.79 Å². The van der Waals surface area contributed by atoms with Gasteiger partial charge in [0.25, 0.3) is 0 Å². The molecule has 2 aromatic rings. The molecule has 0 unspecified atom stereocenters. The van der Waals surface area contributed by atoms with E-state index in [4.69, 9.17) is 0 Å². The van der Waals surface area contributed by atoms with Crippen molar-refractivity contribution in [2.75, 3.05) is 0 Å². The second-order valence-corrected chi connectivity index (χ2v) is 6.03. The number of nitrogens with one attached hydrogen (secondary N) is 1. The Kier molecular flexibility index (Phi) is 5.32. The van der Waals surface area contributed by atoms with E-state index in [2.05, 4.69) is 10.5 Å². The molecule has 1 heterocycles. The fourth-order valence-corrected chi connectivity index (χ4v) is 2.50. The van der Waals surface area contributed by atoms with Gasteiger partial charge in [0, 0.05) is 29.1 Å². The molecule has 0 aliphatic rings. The maximum atomic E-state index is 13.1. The second-order valence-electron chi connectivity index (χ2n) is 6.03. The van der Waals surface area contributed by atoms with Crippen LogP contribution in [0.3, 0.4) is 0 Å². The summed E-state index contributed by atoms with van der Waals surface area (Å²) in [6.07, 6.45) is 2.09. The first-order valence-electron chi connectivity index (χ1n) is 7.65. The van der Waals surface area contributed by atoms with Crippen molar-refractivity contribution >= 4 is 12.1 Å². The first-order chi connectivity index (χ1) is 10.9. The van der Waals surface area contributed by atoms with E-state index in [1.54, 1.807) is 18.3 Å². The van der Waals surface area contributed by atoms with Crippen LogP contribution < -0.4 is 5.43 Å². The minimum atomic E-state index is -0.258. The number of carbonyl (C=O) groups is 1. The number of rotatable bonds is 5. The third kappa shape index (κ3) is 4.28. The number of hydrogen-bond acceptors (Lipinski definition) is 2. The summed E-state index contributed by atoms with van der Waals surface area (Å²) in [5.41, 5.74) is 6.34. The number of benzene rings is 1. The number of halogens is 1. The van der Waals surface area contributed by atoms with Crippen molar-refractivity contribution in [2.24, 2.45) is 11.0 Å². The molecule has 1 N–H and O–H groups in total. The van der Waals surface area contributed by atoms with Crippen LogP contribution in [0.1, 0.15) is 37.2 Å². The molecule has 0 aliphatic heterocycles. The Morgan fingerprint density at radius 2 is 1.96 bits per heavy atom. The lowest BCUT2D eigenvalue weighted by molar-refractivity contribution is -0.121. The van der Waals surface area contributed by atoms with Gasteiger partial charge >= 0.3 is 0 Å². The van der Waals surface area contributed by atoms with E-state index in [0.29, 0.717) is 12.3 Å². The molecule has 0 spiro atoms. The Morgan fingerprint density at radius 1 is 1.30 bits per heavy atom. The Hall–Kier alpha value is -2.43. The summed E-state index contributed by atoms with van der Waals surface area (Å²) in [6.45, 7) is 7.91. The summed E-state index contributed by atoms with van der Waals surface area (Å²) >= 11 is 0. The van der Waals surface area contributed by atoms with E-state index in [-0.39, 0.29) is 11.7 Å². The highest BCUT2D eigenvalue weighted by molar-refractivity contribution is 5.84. The molecule has 0 atom stereocenters. The smallest absolute Gasteiger partial charge is 0.240 e. The highest BCUT2D eigenvalue weighted by Gasteiger charge is 2.09. The molecule has 0 radical (unpaired) electrons. The quantitative estimate of drug-likeness (QED) is 0.663. The predicted molar refractivity (Wildman–Crippen MR) is 90.4 cm³/mol. The third-order valence-corrected chi connectivity index (χ3v) is 3.54.